The second-order valence-electron chi connectivity index (χ2n) is 6.99. The Kier molecular flexibility index (Phi) is 6.96. The first kappa shape index (κ1) is 20.1. The zero-order valence-corrected chi connectivity index (χ0v) is 17.2. The number of halogens is 1. The molecule has 1 amide bonds. The highest BCUT2D eigenvalue weighted by Gasteiger charge is 2.30. The molecule has 146 valence electrons. The van der Waals surface area contributed by atoms with Crippen molar-refractivity contribution in [1.82, 2.24) is 14.5 Å². The van der Waals surface area contributed by atoms with E-state index in [0.29, 0.717) is 43.1 Å². The summed E-state index contributed by atoms with van der Waals surface area (Å²) in [7, 11) is -3.48. The van der Waals surface area contributed by atoms with Gasteiger partial charge in [-0.05, 0) is 25.0 Å². The smallest absolute Gasteiger partial charge is 0.252 e. The first-order valence-electron chi connectivity index (χ1n) is 9.22. The number of hydrogen-bond acceptors (Lipinski definition) is 5. The van der Waals surface area contributed by atoms with Crippen molar-refractivity contribution < 1.29 is 13.2 Å². The Bertz CT molecular complexity index is 707. The van der Waals surface area contributed by atoms with Crippen molar-refractivity contribution in [2.45, 2.75) is 48.8 Å². The van der Waals surface area contributed by atoms with Crippen molar-refractivity contribution in [2.24, 2.45) is 0 Å². The van der Waals surface area contributed by atoms with Gasteiger partial charge in [0, 0.05) is 32.2 Å². The van der Waals surface area contributed by atoms with Crippen LogP contribution in [-0.4, -0.2) is 62.3 Å². The summed E-state index contributed by atoms with van der Waals surface area (Å²) in [6.45, 7) is 2.27. The van der Waals surface area contributed by atoms with E-state index >= 15 is 0 Å². The minimum absolute atomic E-state index is 0.0539. The molecule has 9 heteroatoms. The molecule has 26 heavy (non-hydrogen) atoms. The van der Waals surface area contributed by atoms with Crippen molar-refractivity contribution in [1.29, 1.82) is 0 Å². The van der Waals surface area contributed by atoms with Gasteiger partial charge in [-0.2, -0.15) is 4.31 Å². The van der Waals surface area contributed by atoms with E-state index in [4.69, 9.17) is 11.6 Å². The van der Waals surface area contributed by atoms with E-state index in [1.807, 2.05) is 4.90 Å². The second kappa shape index (κ2) is 9.01. The molecule has 0 spiro atoms. The van der Waals surface area contributed by atoms with Crippen LogP contribution in [0.4, 0.5) is 0 Å². The van der Waals surface area contributed by atoms with E-state index in [-0.39, 0.29) is 10.1 Å². The number of thiophene rings is 1. The number of nitrogens with one attached hydrogen (secondary N) is 1. The molecule has 6 nitrogen and oxygen atoms in total. The van der Waals surface area contributed by atoms with Gasteiger partial charge < -0.3 is 5.32 Å². The van der Waals surface area contributed by atoms with Gasteiger partial charge in [0.25, 0.3) is 10.0 Å². The van der Waals surface area contributed by atoms with Crippen LogP contribution < -0.4 is 5.32 Å². The molecule has 1 aliphatic carbocycles. The molecule has 0 unspecified atom stereocenters. The maximum Gasteiger partial charge on any atom is 0.252 e. The molecule has 0 bridgehead atoms. The molecule has 3 rings (SSSR count). The summed E-state index contributed by atoms with van der Waals surface area (Å²) in [6.07, 6.45) is 7.04. The number of rotatable bonds is 5. The summed E-state index contributed by atoms with van der Waals surface area (Å²) in [6, 6.07) is 3.46. The van der Waals surface area contributed by atoms with Gasteiger partial charge in [0.2, 0.25) is 5.91 Å². The van der Waals surface area contributed by atoms with Gasteiger partial charge in [0.15, 0.2) is 0 Å². The van der Waals surface area contributed by atoms with Gasteiger partial charge >= 0.3 is 0 Å². The molecular weight excluding hydrogens is 394 g/mol. The lowest BCUT2D eigenvalue weighted by Crippen LogP contribution is -2.51. The van der Waals surface area contributed by atoms with Crippen LogP contribution in [0.1, 0.15) is 38.5 Å². The van der Waals surface area contributed by atoms with Gasteiger partial charge in [0.05, 0.1) is 10.9 Å². The molecule has 2 aliphatic rings. The Morgan fingerprint density at radius 2 is 1.77 bits per heavy atom. The highest BCUT2D eigenvalue weighted by Crippen LogP contribution is 2.28. The van der Waals surface area contributed by atoms with Gasteiger partial charge in [-0.3, -0.25) is 9.69 Å². The lowest BCUT2D eigenvalue weighted by atomic mass is 10.1. The van der Waals surface area contributed by atoms with E-state index in [1.54, 1.807) is 12.1 Å². The van der Waals surface area contributed by atoms with Crippen molar-refractivity contribution in [3.63, 3.8) is 0 Å². The zero-order chi connectivity index (χ0) is 18.6. The summed E-state index contributed by atoms with van der Waals surface area (Å²) in [5, 5.41) is 3.15. The van der Waals surface area contributed by atoms with Crippen LogP contribution in [0.5, 0.6) is 0 Å². The minimum Gasteiger partial charge on any atom is -0.352 e. The fourth-order valence-corrected chi connectivity index (χ4v) is 6.65. The maximum atomic E-state index is 12.6. The number of carbonyl (C=O) groups excluding carboxylic acids is 1. The Hall–Kier alpha value is -0.670. The minimum atomic E-state index is -3.48. The lowest BCUT2D eigenvalue weighted by molar-refractivity contribution is -0.123. The van der Waals surface area contributed by atoms with Gasteiger partial charge in [0.1, 0.15) is 4.21 Å². The average Bonchev–Trinajstić information content (AvgIpc) is 2.89. The quantitative estimate of drug-likeness (QED) is 0.744. The zero-order valence-electron chi connectivity index (χ0n) is 14.8. The standard InChI is InChI=1S/C17H26ClN3O3S2/c18-15-7-8-17(25-15)26(23,24)21-11-9-20(10-12-21)13-16(22)19-14-5-3-1-2-4-6-14/h7-8,14H,1-6,9-13H2,(H,19,22). The summed E-state index contributed by atoms with van der Waals surface area (Å²) in [5.41, 5.74) is 0. The lowest BCUT2D eigenvalue weighted by Gasteiger charge is -2.33. The largest absolute Gasteiger partial charge is 0.352 e. The Morgan fingerprint density at radius 3 is 2.35 bits per heavy atom. The number of nitrogens with zero attached hydrogens (tertiary/aromatic N) is 2. The van der Waals surface area contributed by atoms with E-state index < -0.39 is 10.0 Å². The van der Waals surface area contributed by atoms with Gasteiger partial charge in [-0.25, -0.2) is 8.42 Å². The Labute approximate surface area is 164 Å². The van der Waals surface area contributed by atoms with Crippen LogP contribution in [-0.2, 0) is 14.8 Å². The summed E-state index contributed by atoms with van der Waals surface area (Å²) < 4.78 is 27.4. The normalized spacial score (nSPS) is 21.4. The molecule has 1 saturated carbocycles. The SMILES string of the molecule is O=C(CN1CCN(S(=O)(=O)c2ccc(Cl)s2)CC1)NC1CCCCCC1. The van der Waals surface area contributed by atoms with E-state index in [9.17, 15) is 13.2 Å². The van der Waals surface area contributed by atoms with Crippen LogP contribution in [0.3, 0.4) is 0 Å². The van der Waals surface area contributed by atoms with Gasteiger partial charge in [-0.1, -0.05) is 37.3 Å². The molecule has 0 atom stereocenters. The molecule has 2 fully saturated rings. The Balaban J connectivity index is 1.46. The number of carbonyl (C=O) groups is 1. The van der Waals surface area contributed by atoms with Crippen LogP contribution in [0, 0.1) is 0 Å². The highest BCUT2D eigenvalue weighted by atomic mass is 35.5. The molecule has 0 aromatic carbocycles. The first-order valence-corrected chi connectivity index (χ1v) is 11.9. The molecule has 1 aromatic heterocycles. The second-order valence-corrected chi connectivity index (χ2v) is 10.9. The third kappa shape index (κ3) is 5.19. The predicted octanol–water partition coefficient (Wildman–Crippen LogP) is 2.55. The number of sulfonamides is 1. The highest BCUT2D eigenvalue weighted by molar-refractivity contribution is 7.91. The maximum absolute atomic E-state index is 12.6. The third-order valence-electron chi connectivity index (χ3n) is 5.06. The third-order valence-corrected chi connectivity index (χ3v) is 8.66. The van der Waals surface area contributed by atoms with Crippen molar-refractivity contribution >= 4 is 38.9 Å². The van der Waals surface area contributed by atoms with Crippen LogP contribution in [0.15, 0.2) is 16.3 Å². The summed E-state index contributed by atoms with van der Waals surface area (Å²) in [5.74, 6) is 0.0539. The van der Waals surface area contributed by atoms with Crippen molar-refractivity contribution in [3.8, 4) is 0 Å². The number of piperazine rings is 1. The van der Waals surface area contributed by atoms with E-state index in [0.717, 1.165) is 24.2 Å². The number of hydrogen-bond donors (Lipinski definition) is 1. The topological polar surface area (TPSA) is 69.7 Å². The van der Waals surface area contributed by atoms with Crippen LogP contribution in [0.2, 0.25) is 4.34 Å². The molecule has 1 aromatic rings. The van der Waals surface area contributed by atoms with Crippen molar-refractivity contribution in [2.75, 3.05) is 32.7 Å². The summed E-state index contributed by atoms with van der Waals surface area (Å²) in [4.78, 5) is 14.3. The molecule has 2 heterocycles. The van der Waals surface area contributed by atoms with Gasteiger partial charge in [-0.15, -0.1) is 11.3 Å². The molecular formula is C17H26ClN3O3S2. The summed E-state index contributed by atoms with van der Waals surface area (Å²) >= 11 is 6.94. The van der Waals surface area contributed by atoms with Crippen molar-refractivity contribution in [3.05, 3.63) is 16.5 Å². The monoisotopic (exact) mass is 419 g/mol. The molecule has 0 radical (unpaired) electrons. The molecule has 1 aliphatic heterocycles. The average molecular weight is 420 g/mol. The number of amides is 1. The molecule has 1 N–H and O–H groups in total. The van der Waals surface area contributed by atoms with E-state index in [1.165, 1.54) is 30.0 Å². The van der Waals surface area contributed by atoms with E-state index in [2.05, 4.69) is 5.32 Å². The van der Waals surface area contributed by atoms with Crippen LogP contribution >= 0.6 is 22.9 Å². The Morgan fingerprint density at radius 1 is 1.12 bits per heavy atom. The molecule has 1 saturated heterocycles. The fraction of sp³-hybridized carbons (Fsp3) is 0.706. The first-order chi connectivity index (χ1) is 12.4. The fourth-order valence-electron chi connectivity index (χ4n) is 3.59. The van der Waals surface area contributed by atoms with Crippen LogP contribution in [0.25, 0.3) is 0 Å². The predicted molar refractivity (Wildman–Crippen MR) is 104 cm³/mol.